The zero-order valence-corrected chi connectivity index (χ0v) is 10.2. The molecule has 0 aliphatic rings. The highest BCUT2D eigenvalue weighted by Crippen LogP contribution is 2.40. The summed E-state index contributed by atoms with van der Waals surface area (Å²) in [7, 11) is 2.67. The Bertz CT molecular complexity index is 397. The molecule has 17 heavy (non-hydrogen) atoms. The van der Waals surface area contributed by atoms with Gasteiger partial charge in [0.2, 0.25) is 0 Å². The van der Waals surface area contributed by atoms with E-state index in [4.69, 9.17) is 15.2 Å². The minimum Gasteiger partial charge on any atom is -0.492 e. The first-order chi connectivity index (χ1) is 8.06. The molecule has 0 bridgehead atoms. The van der Waals surface area contributed by atoms with Gasteiger partial charge in [-0.15, -0.1) is 0 Å². The highest BCUT2D eigenvalue weighted by atomic mass is 19.1. The lowest BCUT2D eigenvalue weighted by molar-refractivity contribution is 0.327. The molecule has 0 aliphatic heterocycles. The van der Waals surface area contributed by atoms with Crippen molar-refractivity contribution in [2.24, 2.45) is 5.73 Å². The van der Waals surface area contributed by atoms with Gasteiger partial charge in [-0.1, -0.05) is 6.92 Å². The van der Waals surface area contributed by atoms with Gasteiger partial charge in [-0.2, -0.15) is 0 Å². The topological polar surface area (TPSA) is 44.5 Å². The summed E-state index contributed by atoms with van der Waals surface area (Å²) >= 11 is 0. The van der Waals surface area contributed by atoms with Crippen LogP contribution >= 0.6 is 0 Å². The van der Waals surface area contributed by atoms with E-state index >= 15 is 0 Å². The summed E-state index contributed by atoms with van der Waals surface area (Å²) in [5.74, 6) is -1.55. The standard InChI is InChI=1S/C12H17F2NO2/c1-7(4-5-15)10-8(13)6-9(14)11(16-2)12(10)17-3/h6-7H,4-5,15H2,1-3H3. The van der Waals surface area contributed by atoms with Gasteiger partial charge in [0.1, 0.15) is 5.82 Å². The molecule has 0 saturated carbocycles. The van der Waals surface area contributed by atoms with E-state index in [9.17, 15) is 8.78 Å². The van der Waals surface area contributed by atoms with Gasteiger partial charge < -0.3 is 15.2 Å². The van der Waals surface area contributed by atoms with E-state index in [1.807, 2.05) is 6.92 Å². The third-order valence-corrected chi connectivity index (χ3v) is 2.68. The van der Waals surface area contributed by atoms with Crippen LogP contribution in [0.3, 0.4) is 0 Å². The third-order valence-electron chi connectivity index (χ3n) is 2.68. The number of benzene rings is 1. The number of rotatable bonds is 5. The SMILES string of the molecule is COc1c(F)cc(F)c(C(C)CCN)c1OC. The van der Waals surface area contributed by atoms with E-state index in [1.54, 1.807) is 0 Å². The maximum atomic E-state index is 13.8. The van der Waals surface area contributed by atoms with Crippen LogP contribution in [0.15, 0.2) is 6.07 Å². The molecule has 1 aromatic carbocycles. The first kappa shape index (κ1) is 13.7. The largest absolute Gasteiger partial charge is 0.492 e. The highest BCUT2D eigenvalue weighted by molar-refractivity contribution is 5.50. The molecule has 0 saturated heterocycles. The second-order valence-electron chi connectivity index (χ2n) is 3.80. The van der Waals surface area contributed by atoms with Crippen LogP contribution in [-0.4, -0.2) is 20.8 Å². The molecule has 1 rings (SSSR count). The molecule has 2 N–H and O–H groups in total. The summed E-state index contributed by atoms with van der Waals surface area (Å²) in [5.41, 5.74) is 5.74. The van der Waals surface area contributed by atoms with Gasteiger partial charge in [-0.3, -0.25) is 0 Å². The van der Waals surface area contributed by atoms with E-state index in [0.717, 1.165) is 6.07 Å². The number of methoxy groups -OCH3 is 2. The molecule has 1 unspecified atom stereocenters. The van der Waals surface area contributed by atoms with Crippen molar-refractivity contribution in [2.75, 3.05) is 20.8 Å². The fraction of sp³-hybridized carbons (Fsp3) is 0.500. The van der Waals surface area contributed by atoms with Gasteiger partial charge in [-0.05, 0) is 18.9 Å². The predicted octanol–water partition coefficient (Wildman–Crippen LogP) is 2.43. The molecule has 1 atom stereocenters. The molecule has 0 fully saturated rings. The molecular formula is C12H17F2NO2. The van der Waals surface area contributed by atoms with Crippen molar-refractivity contribution in [1.82, 2.24) is 0 Å². The van der Waals surface area contributed by atoms with Crippen molar-refractivity contribution in [3.8, 4) is 11.5 Å². The fourth-order valence-electron chi connectivity index (χ4n) is 1.84. The second-order valence-corrected chi connectivity index (χ2v) is 3.80. The van der Waals surface area contributed by atoms with Crippen molar-refractivity contribution >= 4 is 0 Å². The molecular weight excluding hydrogens is 228 g/mol. The molecule has 5 heteroatoms. The number of halogens is 2. The molecule has 0 radical (unpaired) electrons. The average Bonchev–Trinajstić information content (AvgIpc) is 2.28. The molecule has 0 heterocycles. The van der Waals surface area contributed by atoms with Crippen molar-refractivity contribution in [1.29, 1.82) is 0 Å². The van der Waals surface area contributed by atoms with E-state index in [-0.39, 0.29) is 17.4 Å². The first-order valence-electron chi connectivity index (χ1n) is 5.36. The van der Waals surface area contributed by atoms with Gasteiger partial charge in [0.15, 0.2) is 17.3 Å². The van der Waals surface area contributed by atoms with E-state index in [1.165, 1.54) is 14.2 Å². The normalized spacial score (nSPS) is 12.4. The Kier molecular flexibility index (Phi) is 4.69. The minimum atomic E-state index is -0.773. The van der Waals surface area contributed by atoms with Gasteiger partial charge >= 0.3 is 0 Å². The molecule has 96 valence electrons. The number of nitrogens with two attached hydrogens (primary N) is 1. The lowest BCUT2D eigenvalue weighted by Gasteiger charge is -2.18. The van der Waals surface area contributed by atoms with Crippen LogP contribution in [0, 0.1) is 11.6 Å². The summed E-state index contributed by atoms with van der Waals surface area (Å²) in [6, 6.07) is 0.809. The molecule has 0 amide bonds. The maximum Gasteiger partial charge on any atom is 0.197 e. The van der Waals surface area contributed by atoms with Crippen molar-refractivity contribution in [2.45, 2.75) is 19.3 Å². The molecule has 0 aromatic heterocycles. The average molecular weight is 245 g/mol. The smallest absolute Gasteiger partial charge is 0.197 e. The highest BCUT2D eigenvalue weighted by Gasteiger charge is 2.23. The molecule has 0 aliphatic carbocycles. The summed E-state index contributed by atoms with van der Waals surface area (Å²) in [6.45, 7) is 2.23. The molecule has 0 spiro atoms. The Morgan fingerprint density at radius 2 is 1.76 bits per heavy atom. The number of hydrogen-bond donors (Lipinski definition) is 1. The van der Waals surface area contributed by atoms with Crippen LogP contribution in [0.1, 0.15) is 24.8 Å². The zero-order valence-electron chi connectivity index (χ0n) is 10.2. The fourth-order valence-corrected chi connectivity index (χ4v) is 1.84. The summed E-state index contributed by atoms with van der Waals surface area (Å²) in [6.07, 6.45) is 0.585. The first-order valence-corrected chi connectivity index (χ1v) is 5.36. The maximum absolute atomic E-state index is 13.8. The second kappa shape index (κ2) is 5.82. The Hall–Kier alpha value is -1.36. The van der Waals surface area contributed by atoms with Crippen LogP contribution in [0.5, 0.6) is 11.5 Å². The van der Waals surface area contributed by atoms with Crippen LogP contribution in [0.25, 0.3) is 0 Å². The molecule has 1 aromatic rings. The van der Waals surface area contributed by atoms with Gasteiger partial charge in [0, 0.05) is 11.6 Å². The monoisotopic (exact) mass is 245 g/mol. The van der Waals surface area contributed by atoms with Gasteiger partial charge in [0.05, 0.1) is 14.2 Å². The van der Waals surface area contributed by atoms with Gasteiger partial charge in [-0.25, -0.2) is 8.78 Å². The quantitative estimate of drug-likeness (QED) is 0.866. The van der Waals surface area contributed by atoms with Crippen LogP contribution in [0.2, 0.25) is 0 Å². The van der Waals surface area contributed by atoms with Crippen LogP contribution in [0.4, 0.5) is 8.78 Å². The van der Waals surface area contributed by atoms with E-state index < -0.39 is 11.6 Å². The van der Waals surface area contributed by atoms with Crippen molar-refractivity contribution in [3.63, 3.8) is 0 Å². The Morgan fingerprint density at radius 1 is 1.18 bits per heavy atom. The number of ether oxygens (including phenoxy) is 2. The Balaban J connectivity index is 3.36. The van der Waals surface area contributed by atoms with Crippen molar-refractivity contribution < 1.29 is 18.3 Å². The zero-order chi connectivity index (χ0) is 13.0. The summed E-state index contributed by atoms with van der Waals surface area (Å²) in [4.78, 5) is 0. The summed E-state index contributed by atoms with van der Waals surface area (Å²) < 4.78 is 37.2. The Labute approximate surface area is 99.5 Å². The van der Waals surface area contributed by atoms with Crippen LogP contribution < -0.4 is 15.2 Å². The molecule has 3 nitrogen and oxygen atoms in total. The van der Waals surface area contributed by atoms with E-state index in [0.29, 0.717) is 18.5 Å². The van der Waals surface area contributed by atoms with Crippen molar-refractivity contribution in [3.05, 3.63) is 23.3 Å². The number of hydrogen-bond acceptors (Lipinski definition) is 3. The Morgan fingerprint density at radius 3 is 2.24 bits per heavy atom. The lowest BCUT2D eigenvalue weighted by Crippen LogP contribution is -2.09. The predicted molar refractivity (Wildman–Crippen MR) is 61.5 cm³/mol. The lowest BCUT2D eigenvalue weighted by atomic mass is 9.95. The van der Waals surface area contributed by atoms with Gasteiger partial charge in [0.25, 0.3) is 0 Å². The summed E-state index contributed by atoms with van der Waals surface area (Å²) in [5, 5.41) is 0. The van der Waals surface area contributed by atoms with Crippen LogP contribution in [-0.2, 0) is 0 Å². The third kappa shape index (κ3) is 2.66. The van der Waals surface area contributed by atoms with E-state index in [2.05, 4.69) is 0 Å². The minimum absolute atomic E-state index is 0.0761.